The third kappa shape index (κ3) is 4.19. The Labute approximate surface area is 162 Å². The molecule has 0 radical (unpaired) electrons. The molecule has 0 aliphatic rings. The molecule has 0 bridgehead atoms. The lowest BCUT2D eigenvalue weighted by atomic mass is 10.1. The van der Waals surface area contributed by atoms with Crippen molar-refractivity contribution in [1.82, 2.24) is 5.09 Å². The van der Waals surface area contributed by atoms with Gasteiger partial charge in [0.05, 0.1) is 0 Å². The summed E-state index contributed by atoms with van der Waals surface area (Å²) in [6.07, 6.45) is 0.339. The number of nitrogens with zero attached hydrogens (tertiary/aromatic N) is 1. The van der Waals surface area contributed by atoms with E-state index >= 15 is 0 Å². The first-order chi connectivity index (χ1) is 13.1. The topological polar surface area (TPSA) is 72.2 Å². The van der Waals surface area contributed by atoms with Gasteiger partial charge >= 0.3 is 0 Å². The molecule has 0 amide bonds. The van der Waals surface area contributed by atoms with Crippen molar-refractivity contribution in [2.45, 2.75) is 25.4 Å². The third-order valence-corrected chi connectivity index (χ3v) is 8.13. The largest absolute Gasteiger partial charge is 0.296 e. The summed E-state index contributed by atoms with van der Waals surface area (Å²) in [6.45, 7) is 1.78. The summed E-state index contributed by atoms with van der Waals surface area (Å²) in [5.74, 6) is 0. The standard InChI is InChI=1S/C20H21N2O3PS/c1-2-18(22(23)24)20(19-14-9-15-27-19)21-26(25,16-10-5-3-6-11-16)17-12-7-4-8-13-17/h3-15,18,20H,2H2,1H3,(H,21,25)/t18-,20-/m0/s1. The molecule has 140 valence electrons. The van der Waals surface area contributed by atoms with Gasteiger partial charge in [0.1, 0.15) is 6.04 Å². The molecule has 1 N–H and O–H groups in total. The Balaban J connectivity index is 2.11. The zero-order valence-corrected chi connectivity index (χ0v) is 16.6. The molecular formula is C20H21N2O3PS. The van der Waals surface area contributed by atoms with Gasteiger partial charge in [-0.05, 0) is 35.7 Å². The van der Waals surface area contributed by atoms with E-state index in [1.807, 2.05) is 53.9 Å². The molecule has 3 rings (SSSR count). The second-order valence-corrected chi connectivity index (χ2v) is 9.65. The fourth-order valence-corrected chi connectivity index (χ4v) is 6.49. The Bertz CT molecular complexity index is 873. The number of hydrogen-bond donors (Lipinski definition) is 1. The maximum absolute atomic E-state index is 14.2. The number of nitrogens with one attached hydrogen (secondary N) is 1. The summed E-state index contributed by atoms with van der Waals surface area (Å²) < 4.78 is 14.2. The molecule has 0 fully saturated rings. The molecule has 0 unspecified atom stereocenters. The number of thiophene rings is 1. The molecule has 2 aromatic carbocycles. The van der Waals surface area contributed by atoms with Gasteiger partial charge in [-0.3, -0.25) is 14.7 Å². The van der Waals surface area contributed by atoms with Crippen LogP contribution in [-0.2, 0) is 4.57 Å². The van der Waals surface area contributed by atoms with Crippen molar-refractivity contribution in [2.75, 3.05) is 0 Å². The number of nitro groups is 1. The van der Waals surface area contributed by atoms with Gasteiger partial charge in [0, 0.05) is 26.8 Å². The first kappa shape index (κ1) is 19.5. The van der Waals surface area contributed by atoms with Crippen LogP contribution in [0, 0.1) is 10.1 Å². The van der Waals surface area contributed by atoms with Crippen LogP contribution in [0.1, 0.15) is 24.3 Å². The molecule has 0 saturated heterocycles. The minimum atomic E-state index is -3.28. The average molecular weight is 400 g/mol. The van der Waals surface area contributed by atoms with Crippen LogP contribution >= 0.6 is 18.6 Å². The van der Waals surface area contributed by atoms with Crippen molar-refractivity contribution in [3.8, 4) is 0 Å². The van der Waals surface area contributed by atoms with Gasteiger partial charge in [0.2, 0.25) is 13.3 Å². The first-order valence-corrected chi connectivity index (χ1v) is 11.3. The highest BCUT2D eigenvalue weighted by Gasteiger charge is 2.39. The molecule has 0 aliphatic heterocycles. The Hall–Kier alpha value is -2.27. The molecular weight excluding hydrogens is 379 g/mol. The van der Waals surface area contributed by atoms with Crippen molar-refractivity contribution in [3.05, 3.63) is 93.2 Å². The fraction of sp³-hybridized carbons (Fsp3) is 0.200. The number of rotatable bonds is 8. The van der Waals surface area contributed by atoms with Crippen molar-refractivity contribution in [1.29, 1.82) is 0 Å². The van der Waals surface area contributed by atoms with Crippen LogP contribution in [0.4, 0.5) is 0 Å². The second kappa shape index (κ2) is 8.61. The van der Waals surface area contributed by atoms with E-state index in [9.17, 15) is 14.7 Å². The van der Waals surface area contributed by atoms with E-state index in [1.165, 1.54) is 11.3 Å². The summed E-state index contributed by atoms with van der Waals surface area (Å²) >= 11 is 1.44. The highest BCUT2D eigenvalue weighted by atomic mass is 32.1. The van der Waals surface area contributed by atoms with E-state index in [1.54, 1.807) is 31.2 Å². The Morgan fingerprint density at radius 1 is 1.00 bits per heavy atom. The van der Waals surface area contributed by atoms with Crippen molar-refractivity contribution < 1.29 is 9.49 Å². The Morgan fingerprint density at radius 3 is 1.96 bits per heavy atom. The third-order valence-electron chi connectivity index (χ3n) is 4.48. The lowest BCUT2D eigenvalue weighted by Crippen LogP contribution is -2.39. The molecule has 3 aromatic rings. The van der Waals surface area contributed by atoms with E-state index in [4.69, 9.17) is 0 Å². The van der Waals surface area contributed by atoms with Gasteiger partial charge in [-0.2, -0.15) is 0 Å². The summed E-state index contributed by atoms with van der Waals surface area (Å²) in [5, 5.41) is 18.1. The number of hydrogen-bond acceptors (Lipinski definition) is 4. The van der Waals surface area contributed by atoms with Gasteiger partial charge in [0.25, 0.3) is 0 Å². The summed E-state index contributed by atoms with van der Waals surface area (Å²) in [5.41, 5.74) is 0. The molecule has 2 atom stereocenters. The van der Waals surface area contributed by atoms with E-state index in [0.29, 0.717) is 17.0 Å². The summed E-state index contributed by atoms with van der Waals surface area (Å²) in [7, 11) is -3.28. The van der Waals surface area contributed by atoms with Gasteiger partial charge < -0.3 is 0 Å². The molecule has 0 spiro atoms. The maximum Gasteiger partial charge on any atom is 0.233 e. The van der Waals surface area contributed by atoms with Crippen LogP contribution in [0.25, 0.3) is 0 Å². The molecule has 0 saturated carbocycles. The van der Waals surface area contributed by atoms with E-state index in [2.05, 4.69) is 5.09 Å². The van der Waals surface area contributed by atoms with E-state index in [-0.39, 0.29) is 4.92 Å². The summed E-state index contributed by atoms with van der Waals surface area (Å²) in [6, 6.07) is 20.5. The normalized spacial score (nSPS) is 13.8. The van der Waals surface area contributed by atoms with Crippen LogP contribution < -0.4 is 15.7 Å². The lowest BCUT2D eigenvalue weighted by Gasteiger charge is -2.27. The molecule has 1 heterocycles. The van der Waals surface area contributed by atoms with Crippen molar-refractivity contribution in [2.24, 2.45) is 0 Å². The Morgan fingerprint density at radius 2 is 1.56 bits per heavy atom. The lowest BCUT2D eigenvalue weighted by molar-refractivity contribution is -0.527. The van der Waals surface area contributed by atoms with Crippen LogP contribution in [0.15, 0.2) is 78.2 Å². The Kier molecular flexibility index (Phi) is 6.22. The average Bonchev–Trinajstić information content (AvgIpc) is 3.23. The molecule has 27 heavy (non-hydrogen) atoms. The van der Waals surface area contributed by atoms with Gasteiger partial charge in [-0.25, -0.2) is 5.09 Å². The van der Waals surface area contributed by atoms with Gasteiger partial charge in [-0.1, -0.05) is 49.4 Å². The zero-order chi connectivity index (χ0) is 19.3. The van der Waals surface area contributed by atoms with Crippen molar-refractivity contribution in [3.63, 3.8) is 0 Å². The second-order valence-electron chi connectivity index (χ2n) is 6.16. The van der Waals surface area contributed by atoms with Crippen LogP contribution in [0.5, 0.6) is 0 Å². The van der Waals surface area contributed by atoms with E-state index in [0.717, 1.165) is 4.88 Å². The van der Waals surface area contributed by atoms with Gasteiger partial charge in [-0.15, -0.1) is 11.3 Å². The predicted molar refractivity (Wildman–Crippen MR) is 111 cm³/mol. The molecule has 1 aromatic heterocycles. The van der Waals surface area contributed by atoms with Crippen molar-refractivity contribution >= 4 is 29.2 Å². The van der Waals surface area contributed by atoms with Crippen LogP contribution in [0.2, 0.25) is 0 Å². The van der Waals surface area contributed by atoms with E-state index < -0.39 is 19.4 Å². The van der Waals surface area contributed by atoms with Crippen LogP contribution in [-0.4, -0.2) is 11.0 Å². The van der Waals surface area contributed by atoms with Crippen LogP contribution in [0.3, 0.4) is 0 Å². The first-order valence-electron chi connectivity index (χ1n) is 8.72. The fourth-order valence-electron chi connectivity index (χ4n) is 3.08. The minimum Gasteiger partial charge on any atom is -0.296 e. The highest BCUT2D eigenvalue weighted by Crippen LogP contribution is 2.43. The monoisotopic (exact) mass is 400 g/mol. The smallest absolute Gasteiger partial charge is 0.233 e. The van der Waals surface area contributed by atoms with Gasteiger partial charge in [0.15, 0.2) is 0 Å². The SMILES string of the molecule is CC[C@@H]([C@H](NP(=O)(c1ccccc1)c1ccccc1)c1cccs1)[N+](=O)[O-]. The predicted octanol–water partition coefficient (Wildman–Crippen LogP) is 4.36. The molecule has 7 heteroatoms. The number of benzene rings is 2. The quantitative estimate of drug-likeness (QED) is 0.346. The highest BCUT2D eigenvalue weighted by molar-refractivity contribution is 7.76. The molecule has 5 nitrogen and oxygen atoms in total. The minimum absolute atomic E-state index is 0.280. The maximum atomic E-state index is 14.2. The molecule has 0 aliphatic carbocycles. The summed E-state index contributed by atoms with van der Waals surface area (Å²) in [4.78, 5) is 12.2. The zero-order valence-electron chi connectivity index (χ0n) is 14.9.